The lowest BCUT2D eigenvalue weighted by atomic mass is 10.2. The fourth-order valence-corrected chi connectivity index (χ4v) is 2.64. The van der Waals surface area contributed by atoms with Crippen LogP contribution in [-0.4, -0.2) is 12.3 Å². The lowest BCUT2D eigenvalue weighted by Gasteiger charge is -2.06. The van der Waals surface area contributed by atoms with Crippen LogP contribution in [0.25, 0.3) is 0 Å². The summed E-state index contributed by atoms with van der Waals surface area (Å²) in [5.41, 5.74) is 0.647. The number of hydrogen-bond acceptors (Lipinski definition) is 2. The molecule has 0 saturated carbocycles. The van der Waals surface area contributed by atoms with E-state index in [9.17, 15) is 4.39 Å². The molecule has 2 rings (SSSR count). The third-order valence-electron chi connectivity index (χ3n) is 2.62. The molecule has 100 valence electrons. The van der Waals surface area contributed by atoms with Crippen LogP contribution in [0.3, 0.4) is 0 Å². The minimum atomic E-state index is -0.254. The van der Waals surface area contributed by atoms with E-state index >= 15 is 0 Å². The summed E-state index contributed by atoms with van der Waals surface area (Å²) in [5.74, 6) is 0.704. The Hall–Kier alpha value is -1.03. The minimum absolute atomic E-state index is 0.254. The Bertz CT molecular complexity index is 519. The highest BCUT2D eigenvalue weighted by atomic mass is 35.5. The van der Waals surface area contributed by atoms with E-state index in [1.165, 1.54) is 11.0 Å². The Kier molecular flexibility index (Phi) is 5.70. The zero-order valence-corrected chi connectivity index (χ0v) is 12.0. The maximum absolute atomic E-state index is 13.5. The van der Waals surface area contributed by atoms with Crippen LogP contribution in [-0.2, 0) is 6.54 Å². The van der Waals surface area contributed by atoms with Gasteiger partial charge in [0.05, 0.1) is 0 Å². The summed E-state index contributed by atoms with van der Waals surface area (Å²) in [5, 5.41) is 3.66. The second-order valence-electron chi connectivity index (χ2n) is 4.07. The minimum Gasteiger partial charge on any atom is -0.312 e. The van der Waals surface area contributed by atoms with Gasteiger partial charge in [-0.1, -0.05) is 35.9 Å². The Balaban J connectivity index is 1.69. The highest BCUT2D eigenvalue weighted by Gasteiger charge is 2.02. The molecule has 0 saturated heterocycles. The molecule has 0 aliphatic carbocycles. The van der Waals surface area contributed by atoms with Gasteiger partial charge in [-0.2, -0.15) is 0 Å². The highest BCUT2D eigenvalue weighted by molar-refractivity contribution is 7.99. The van der Waals surface area contributed by atoms with Crippen LogP contribution < -0.4 is 5.32 Å². The molecule has 0 heterocycles. The Labute approximate surface area is 122 Å². The van der Waals surface area contributed by atoms with Crippen molar-refractivity contribution in [3.63, 3.8) is 0 Å². The van der Waals surface area contributed by atoms with E-state index in [1.807, 2.05) is 18.2 Å². The molecule has 1 nitrogen and oxygen atoms in total. The molecule has 0 aliphatic heterocycles. The first-order chi connectivity index (χ1) is 9.25. The van der Waals surface area contributed by atoms with Crippen LogP contribution in [0, 0.1) is 5.82 Å². The summed E-state index contributed by atoms with van der Waals surface area (Å²) in [6.45, 7) is 1.36. The van der Waals surface area contributed by atoms with E-state index in [-0.39, 0.29) is 5.82 Å². The maximum Gasteiger partial charge on any atom is 0.129 e. The maximum atomic E-state index is 13.5. The third kappa shape index (κ3) is 4.86. The van der Waals surface area contributed by atoms with Crippen molar-refractivity contribution in [2.75, 3.05) is 12.3 Å². The predicted octanol–water partition coefficient (Wildman–Crippen LogP) is 4.36. The van der Waals surface area contributed by atoms with Crippen LogP contribution in [0.2, 0.25) is 5.02 Å². The Morgan fingerprint density at radius 1 is 1.11 bits per heavy atom. The third-order valence-corrected chi connectivity index (χ3v) is 3.87. The largest absolute Gasteiger partial charge is 0.312 e. The van der Waals surface area contributed by atoms with Crippen molar-refractivity contribution in [2.45, 2.75) is 11.4 Å². The van der Waals surface area contributed by atoms with Gasteiger partial charge in [-0.15, -0.1) is 11.8 Å². The average Bonchev–Trinajstić information content (AvgIpc) is 2.42. The fraction of sp³-hybridized carbons (Fsp3) is 0.200. The van der Waals surface area contributed by atoms with Gasteiger partial charge in [0, 0.05) is 34.3 Å². The van der Waals surface area contributed by atoms with E-state index in [2.05, 4.69) is 17.4 Å². The zero-order chi connectivity index (χ0) is 13.5. The SMILES string of the molecule is Fc1cc(Cl)ccc1CNCCSc1ccccc1. The van der Waals surface area contributed by atoms with Crippen molar-refractivity contribution in [1.29, 1.82) is 0 Å². The van der Waals surface area contributed by atoms with Crippen molar-refractivity contribution in [3.8, 4) is 0 Å². The number of benzene rings is 2. The lowest BCUT2D eigenvalue weighted by Crippen LogP contribution is -2.17. The summed E-state index contributed by atoms with van der Waals surface area (Å²) >= 11 is 7.49. The van der Waals surface area contributed by atoms with Gasteiger partial charge < -0.3 is 5.32 Å². The van der Waals surface area contributed by atoms with Crippen LogP contribution >= 0.6 is 23.4 Å². The van der Waals surface area contributed by atoms with Gasteiger partial charge in [0.2, 0.25) is 0 Å². The molecular weight excluding hydrogens is 281 g/mol. The van der Waals surface area contributed by atoms with Crippen molar-refractivity contribution in [2.24, 2.45) is 0 Å². The highest BCUT2D eigenvalue weighted by Crippen LogP contribution is 2.16. The molecule has 0 unspecified atom stereocenters. The molecule has 0 atom stereocenters. The molecule has 2 aromatic rings. The average molecular weight is 296 g/mol. The molecule has 19 heavy (non-hydrogen) atoms. The number of thioether (sulfide) groups is 1. The standard InChI is InChI=1S/C15H15ClFNS/c16-13-7-6-12(15(17)10-13)11-18-8-9-19-14-4-2-1-3-5-14/h1-7,10,18H,8-9,11H2. The lowest BCUT2D eigenvalue weighted by molar-refractivity contribution is 0.594. The van der Waals surface area contributed by atoms with Crippen molar-refractivity contribution in [1.82, 2.24) is 5.32 Å². The van der Waals surface area contributed by atoms with Crippen LogP contribution in [0.4, 0.5) is 4.39 Å². The molecule has 0 amide bonds. The van der Waals surface area contributed by atoms with E-state index in [4.69, 9.17) is 11.6 Å². The summed E-state index contributed by atoms with van der Waals surface area (Å²) < 4.78 is 13.5. The smallest absolute Gasteiger partial charge is 0.129 e. The second-order valence-corrected chi connectivity index (χ2v) is 5.68. The molecule has 0 bridgehead atoms. The topological polar surface area (TPSA) is 12.0 Å². The monoisotopic (exact) mass is 295 g/mol. The van der Waals surface area contributed by atoms with E-state index in [0.29, 0.717) is 17.1 Å². The Morgan fingerprint density at radius 3 is 2.63 bits per heavy atom. The molecule has 0 aliphatic rings. The molecule has 0 radical (unpaired) electrons. The second kappa shape index (κ2) is 7.53. The van der Waals surface area contributed by atoms with Crippen molar-refractivity contribution in [3.05, 3.63) is 64.9 Å². The van der Waals surface area contributed by atoms with Crippen molar-refractivity contribution >= 4 is 23.4 Å². The van der Waals surface area contributed by atoms with Gasteiger partial charge in [-0.05, 0) is 24.3 Å². The summed E-state index contributed by atoms with van der Waals surface area (Å²) in [6.07, 6.45) is 0. The normalized spacial score (nSPS) is 10.6. The van der Waals surface area contributed by atoms with Crippen LogP contribution in [0.5, 0.6) is 0 Å². The van der Waals surface area contributed by atoms with Gasteiger partial charge >= 0.3 is 0 Å². The molecule has 0 aromatic heterocycles. The van der Waals surface area contributed by atoms with Crippen LogP contribution in [0.1, 0.15) is 5.56 Å². The first-order valence-electron chi connectivity index (χ1n) is 6.08. The number of hydrogen-bond donors (Lipinski definition) is 1. The van der Waals surface area contributed by atoms with Crippen LogP contribution in [0.15, 0.2) is 53.4 Å². The van der Waals surface area contributed by atoms with Gasteiger partial charge in [0.15, 0.2) is 0 Å². The number of halogens is 2. The van der Waals surface area contributed by atoms with Crippen molar-refractivity contribution < 1.29 is 4.39 Å². The molecule has 0 spiro atoms. The Morgan fingerprint density at radius 2 is 1.89 bits per heavy atom. The van der Waals surface area contributed by atoms with Gasteiger partial charge in [-0.3, -0.25) is 0 Å². The molecule has 2 aromatic carbocycles. The zero-order valence-electron chi connectivity index (χ0n) is 10.4. The van der Waals surface area contributed by atoms with E-state index < -0.39 is 0 Å². The molecule has 0 fully saturated rings. The van der Waals surface area contributed by atoms with Gasteiger partial charge in [-0.25, -0.2) is 4.39 Å². The first-order valence-corrected chi connectivity index (χ1v) is 7.44. The molecular formula is C15H15ClFNS. The first kappa shape index (κ1) is 14.4. The predicted molar refractivity (Wildman–Crippen MR) is 80.3 cm³/mol. The van der Waals surface area contributed by atoms with E-state index in [1.54, 1.807) is 23.9 Å². The molecule has 1 N–H and O–H groups in total. The summed E-state index contributed by atoms with van der Waals surface area (Å²) in [4.78, 5) is 1.25. The quantitative estimate of drug-likeness (QED) is 0.628. The summed E-state index contributed by atoms with van der Waals surface area (Å²) in [7, 11) is 0. The molecule has 4 heteroatoms. The number of nitrogens with one attached hydrogen (secondary N) is 1. The fourth-order valence-electron chi connectivity index (χ4n) is 1.65. The van der Waals surface area contributed by atoms with Gasteiger partial charge in [0.25, 0.3) is 0 Å². The number of rotatable bonds is 6. The summed E-state index contributed by atoms with van der Waals surface area (Å²) in [6, 6.07) is 15.0. The van der Waals surface area contributed by atoms with E-state index in [0.717, 1.165) is 12.3 Å². The van der Waals surface area contributed by atoms with Gasteiger partial charge in [0.1, 0.15) is 5.82 Å².